The van der Waals surface area contributed by atoms with Gasteiger partial charge in [0, 0.05) is 0 Å². The van der Waals surface area contributed by atoms with Crippen LogP contribution in [0.25, 0.3) is 0 Å². The number of hydrogen-bond donors (Lipinski definition) is 0. The topological polar surface area (TPSA) is 34.1 Å². The Kier molecular flexibility index (Phi) is 4.32. The molecule has 0 atom stereocenters. The van der Waals surface area contributed by atoms with Crippen LogP contribution in [0.4, 0.5) is 0 Å². The van der Waals surface area contributed by atoms with Gasteiger partial charge in [0.25, 0.3) is 0 Å². The van der Waals surface area contributed by atoms with Crippen LogP contribution < -0.4 is 0 Å². The monoisotopic (exact) mass is 124 g/mol. The molecule has 0 heterocycles. The lowest BCUT2D eigenvalue weighted by Crippen LogP contribution is -1.77. The molecule has 0 bridgehead atoms. The molecular weight excluding hydrogens is 116 g/mol. The number of carbonyl (C=O) groups is 2. The summed E-state index contributed by atoms with van der Waals surface area (Å²) < 4.78 is 0. The molecule has 0 unspecified atom stereocenters. The van der Waals surface area contributed by atoms with Crippen molar-refractivity contribution in [2.75, 3.05) is 0 Å². The number of hydrogen-bond acceptors (Lipinski definition) is 2. The summed E-state index contributed by atoms with van der Waals surface area (Å²) in [4.78, 5) is 19.8. The molecule has 0 aliphatic heterocycles. The highest BCUT2D eigenvalue weighted by Gasteiger charge is 1.75. The predicted octanol–water partition coefficient (Wildman–Crippen LogP) is 0.887. The lowest BCUT2D eigenvalue weighted by molar-refractivity contribution is -0.112. The van der Waals surface area contributed by atoms with Gasteiger partial charge in [-0.2, -0.15) is 0 Å². The lowest BCUT2D eigenvalue weighted by Gasteiger charge is -1.71. The molecule has 0 radical (unpaired) electrons. The van der Waals surface area contributed by atoms with E-state index >= 15 is 0 Å². The maximum Gasteiger partial charge on any atom is 0.152 e. The quantitative estimate of drug-likeness (QED) is 0.318. The highest BCUT2D eigenvalue weighted by Crippen LogP contribution is 1.75. The van der Waals surface area contributed by atoms with E-state index < -0.39 is 0 Å². The number of rotatable bonds is 3. The first-order valence-electron chi connectivity index (χ1n) is 2.56. The highest BCUT2D eigenvalue weighted by atomic mass is 16.1. The molecule has 0 aliphatic rings. The molecule has 9 heavy (non-hydrogen) atoms. The minimum atomic E-state index is -0.0226. The van der Waals surface area contributed by atoms with Crippen LogP contribution in [-0.4, -0.2) is 12.1 Å². The third kappa shape index (κ3) is 6.82. The Balaban J connectivity index is 3.59. The highest BCUT2D eigenvalue weighted by molar-refractivity contribution is 5.87. The fraction of sp³-hybridized carbons (Fsp3) is 0.143. The zero-order chi connectivity index (χ0) is 7.11. The minimum Gasteiger partial charge on any atom is -0.299 e. The normalized spacial score (nSPS) is 10.8. The van der Waals surface area contributed by atoms with Crippen molar-refractivity contribution in [3.8, 4) is 0 Å². The van der Waals surface area contributed by atoms with Gasteiger partial charge in [-0.1, -0.05) is 12.2 Å². The molecular formula is C7H8O2. The average Bonchev–Trinajstić information content (AvgIpc) is 1.80. The van der Waals surface area contributed by atoms with Gasteiger partial charge in [-0.05, 0) is 19.1 Å². The first-order chi connectivity index (χ1) is 4.27. The van der Waals surface area contributed by atoms with E-state index in [1.807, 2.05) is 0 Å². The van der Waals surface area contributed by atoms with Crippen molar-refractivity contribution in [3.05, 3.63) is 24.3 Å². The molecule has 0 saturated carbocycles. The van der Waals surface area contributed by atoms with Crippen LogP contribution in [-0.2, 0) is 9.59 Å². The fourth-order valence-electron chi connectivity index (χ4n) is 0.301. The third-order valence-electron chi connectivity index (χ3n) is 0.632. The van der Waals surface area contributed by atoms with E-state index in [-0.39, 0.29) is 5.78 Å². The first kappa shape index (κ1) is 7.82. The maximum atomic E-state index is 10.2. The molecule has 48 valence electrons. The third-order valence-corrected chi connectivity index (χ3v) is 0.632. The van der Waals surface area contributed by atoms with E-state index in [0.29, 0.717) is 6.29 Å². The summed E-state index contributed by atoms with van der Waals surface area (Å²) in [6.45, 7) is 1.45. The Hall–Kier alpha value is -1.18. The van der Waals surface area contributed by atoms with Crippen LogP contribution in [0.15, 0.2) is 24.3 Å². The number of carbonyl (C=O) groups excluding carboxylic acids is 2. The van der Waals surface area contributed by atoms with Crippen LogP contribution in [0.1, 0.15) is 6.92 Å². The second-order valence-corrected chi connectivity index (χ2v) is 1.49. The largest absolute Gasteiger partial charge is 0.299 e. The van der Waals surface area contributed by atoms with E-state index in [2.05, 4.69) is 0 Å². The molecule has 0 aromatic heterocycles. The second-order valence-electron chi connectivity index (χ2n) is 1.49. The molecule has 0 N–H and O–H groups in total. The molecule has 2 heteroatoms. The summed E-state index contributed by atoms with van der Waals surface area (Å²) in [5.41, 5.74) is 0. The van der Waals surface area contributed by atoms with Gasteiger partial charge in [-0.3, -0.25) is 9.59 Å². The number of ketones is 1. The molecule has 0 rings (SSSR count). The first-order valence-corrected chi connectivity index (χ1v) is 2.56. The van der Waals surface area contributed by atoms with Crippen molar-refractivity contribution in [2.45, 2.75) is 6.92 Å². The minimum absolute atomic E-state index is 0.0226. The number of allylic oxidation sites excluding steroid dienone is 4. The lowest BCUT2D eigenvalue weighted by atomic mass is 10.4. The summed E-state index contributed by atoms with van der Waals surface area (Å²) in [7, 11) is 0. The van der Waals surface area contributed by atoms with Gasteiger partial charge in [0.05, 0.1) is 0 Å². The molecule has 0 aromatic rings. The average molecular weight is 124 g/mol. The van der Waals surface area contributed by atoms with Gasteiger partial charge in [0.15, 0.2) is 5.78 Å². The summed E-state index contributed by atoms with van der Waals surface area (Å²) in [5.74, 6) is -0.0226. The van der Waals surface area contributed by atoms with Crippen LogP contribution in [0.5, 0.6) is 0 Å². The second kappa shape index (κ2) is 4.97. The van der Waals surface area contributed by atoms with Crippen molar-refractivity contribution in [2.24, 2.45) is 0 Å². The van der Waals surface area contributed by atoms with Gasteiger partial charge in [0.1, 0.15) is 6.29 Å². The molecule has 0 aliphatic carbocycles. The maximum absolute atomic E-state index is 10.2. The molecule has 2 nitrogen and oxygen atoms in total. The zero-order valence-corrected chi connectivity index (χ0v) is 5.20. The summed E-state index contributed by atoms with van der Waals surface area (Å²) >= 11 is 0. The Morgan fingerprint density at radius 3 is 2.33 bits per heavy atom. The molecule has 0 aromatic carbocycles. The van der Waals surface area contributed by atoms with E-state index in [1.165, 1.54) is 31.2 Å². The Labute approximate surface area is 53.9 Å². The van der Waals surface area contributed by atoms with Crippen molar-refractivity contribution < 1.29 is 9.59 Å². The standard InChI is InChI=1S/C7H8O2/c1-7(9)5-3-2-4-6-8/h2-6H,1H3/b4-2+,5-3+. The van der Waals surface area contributed by atoms with Crippen LogP contribution >= 0.6 is 0 Å². The van der Waals surface area contributed by atoms with E-state index in [9.17, 15) is 9.59 Å². The van der Waals surface area contributed by atoms with Crippen LogP contribution in [0.2, 0.25) is 0 Å². The molecule has 0 spiro atoms. The van der Waals surface area contributed by atoms with E-state index in [4.69, 9.17) is 0 Å². The van der Waals surface area contributed by atoms with Crippen molar-refractivity contribution in [1.82, 2.24) is 0 Å². The van der Waals surface area contributed by atoms with Crippen molar-refractivity contribution in [3.63, 3.8) is 0 Å². The van der Waals surface area contributed by atoms with Crippen molar-refractivity contribution >= 4 is 12.1 Å². The summed E-state index contributed by atoms with van der Waals surface area (Å²) in [5, 5.41) is 0. The van der Waals surface area contributed by atoms with Crippen LogP contribution in [0.3, 0.4) is 0 Å². The van der Waals surface area contributed by atoms with Crippen LogP contribution in [0, 0.1) is 0 Å². The predicted molar refractivity (Wildman–Crippen MR) is 35.0 cm³/mol. The SMILES string of the molecule is CC(=O)/C=C/C=C/C=O. The van der Waals surface area contributed by atoms with Gasteiger partial charge >= 0.3 is 0 Å². The molecule has 0 fully saturated rings. The Bertz CT molecular complexity index is 154. The smallest absolute Gasteiger partial charge is 0.152 e. The zero-order valence-electron chi connectivity index (χ0n) is 5.20. The Morgan fingerprint density at radius 2 is 1.89 bits per heavy atom. The van der Waals surface area contributed by atoms with Gasteiger partial charge in [-0.25, -0.2) is 0 Å². The molecule has 0 saturated heterocycles. The van der Waals surface area contributed by atoms with Gasteiger partial charge in [-0.15, -0.1) is 0 Å². The Morgan fingerprint density at radius 1 is 1.22 bits per heavy atom. The van der Waals surface area contributed by atoms with E-state index in [0.717, 1.165) is 0 Å². The summed E-state index contributed by atoms with van der Waals surface area (Å²) in [6, 6.07) is 0. The van der Waals surface area contributed by atoms with Gasteiger partial charge in [0.2, 0.25) is 0 Å². The fourth-order valence-corrected chi connectivity index (χ4v) is 0.301. The van der Waals surface area contributed by atoms with Gasteiger partial charge < -0.3 is 0 Å². The van der Waals surface area contributed by atoms with E-state index in [1.54, 1.807) is 0 Å². The molecule has 0 amide bonds. The summed E-state index contributed by atoms with van der Waals surface area (Å²) in [6.07, 6.45) is 6.40. The number of aldehydes is 1. The van der Waals surface area contributed by atoms with Crippen molar-refractivity contribution in [1.29, 1.82) is 0 Å².